The summed E-state index contributed by atoms with van der Waals surface area (Å²) in [6.07, 6.45) is 5.66. The zero-order valence-electron chi connectivity index (χ0n) is 14.1. The van der Waals surface area contributed by atoms with Crippen molar-refractivity contribution < 1.29 is 0 Å². The molecule has 0 aromatic carbocycles. The molecule has 0 unspecified atom stereocenters. The van der Waals surface area contributed by atoms with Gasteiger partial charge in [0, 0.05) is 47.5 Å². The van der Waals surface area contributed by atoms with E-state index < -0.39 is 0 Å². The van der Waals surface area contributed by atoms with Crippen LogP contribution >= 0.6 is 0 Å². The minimum Gasteiger partial charge on any atom is -0.356 e. The van der Waals surface area contributed by atoms with Crippen LogP contribution in [-0.4, -0.2) is 33.0 Å². The molecule has 0 bridgehead atoms. The van der Waals surface area contributed by atoms with E-state index in [1.165, 1.54) is 5.56 Å². The van der Waals surface area contributed by atoms with E-state index in [4.69, 9.17) is 4.98 Å². The van der Waals surface area contributed by atoms with Crippen LogP contribution in [0.3, 0.4) is 0 Å². The third-order valence-electron chi connectivity index (χ3n) is 5.01. The Hall–Kier alpha value is -2.56. The van der Waals surface area contributed by atoms with E-state index >= 15 is 0 Å². The molecular formula is C19H21N5. The minimum absolute atomic E-state index is 0.496. The molecular weight excluding hydrogens is 298 g/mol. The van der Waals surface area contributed by atoms with Crippen LogP contribution in [0.25, 0.3) is 11.0 Å². The van der Waals surface area contributed by atoms with Gasteiger partial charge in [-0.2, -0.15) is 0 Å². The zero-order chi connectivity index (χ0) is 16.5. The van der Waals surface area contributed by atoms with Gasteiger partial charge in [0.1, 0.15) is 12.1 Å². The normalized spacial score (nSPS) is 15.8. The molecule has 0 radical (unpaired) electrons. The molecule has 0 saturated carbocycles. The zero-order valence-corrected chi connectivity index (χ0v) is 14.1. The van der Waals surface area contributed by atoms with Crippen LogP contribution in [0.2, 0.25) is 0 Å². The molecule has 0 spiro atoms. The minimum atomic E-state index is 0.496. The molecule has 24 heavy (non-hydrogen) atoms. The van der Waals surface area contributed by atoms with Gasteiger partial charge < -0.3 is 4.90 Å². The van der Waals surface area contributed by atoms with Crippen molar-refractivity contribution in [3.8, 4) is 0 Å². The highest BCUT2D eigenvalue weighted by molar-refractivity contribution is 5.74. The van der Waals surface area contributed by atoms with Gasteiger partial charge in [-0.25, -0.2) is 19.9 Å². The van der Waals surface area contributed by atoms with Crippen molar-refractivity contribution in [2.75, 3.05) is 18.0 Å². The fourth-order valence-corrected chi connectivity index (χ4v) is 3.43. The molecule has 0 N–H and O–H groups in total. The van der Waals surface area contributed by atoms with Crippen LogP contribution in [0, 0.1) is 13.8 Å². The van der Waals surface area contributed by atoms with E-state index in [2.05, 4.69) is 45.0 Å². The van der Waals surface area contributed by atoms with Crippen LogP contribution in [0.4, 0.5) is 5.82 Å². The second kappa shape index (κ2) is 6.15. The van der Waals surface area contributed by atoms with Crippen molar-refractivity contribution in [2.45, 2.75) is 32.6 Å². The third kappa shape index (κ3) is 2.70. The summed E-state index contributed by atoms with van der Waals surface area (Å²) in [6.45, 7) is 6.15. The number of aryl methyl sites for hydroxylation is 1. The van der Waals surface area contributed by atoms with Gasteiger partial charge in [0.05, 0.1) is 0 Å². The quantitative estimate of drug-likeness (QED) is 0.724. The summed E-state index contributed by atoms with van der Waals surface area (Å²) in [5.41, 5.74) is 4.25. The predicted molar refractivity (Wildman–Crippen MR) is 95.2 cm³/mol. The fourth-order valence-electron chi connectivity index (χ4n) is 3.43. The van der Waals surface area contributed by atoms with Crippen LogP contribution in [0.1, 0.15) is 35.7 Å². The standard InChI is InChI=1S/C19H21N5/c1-13-14(2)21-12-22-19(13)24-10-7-15(8-11-24)17-6-5-16-4-3-9-20-18(16)23-17/h3-6,9,12,15H,7-8,10-11H2,1-2H3. The highest BCUT2D eigenvalue weighted by atomic mass is 15.2. The first-order valence-corrected chi connectivity index (χ1v) is 8.47. The van der Waals surface area contributed by atoms with E-state index in [9.17, 15) is 0 Å². The molecule has 3 aromatic rings. The molecule has 1 saturated heterocycles. The largest absolute Gasteiger partial charge is 0.356 e. The number of nitrogens with zero attached hydrogens (tertiary/aromatic N) is 5. The predicted octanol–water partition coefficient (Wildman–Crippen LogP) is 3.42. The van der Waals surface area contributed by atoms with Crippen molar-refractivity contribution in [3.05, 3.63) is 53.7 Å². The fraction of sp³-hybridized carbons (Fsp3) is 0.368. The van der Waals surface area contributed by atoms with Gasteiger partial charge in [0.15, 0.2) is 5.65 Å². The Morgan fingerprint density at radius 3 is 2.67 bits per heavy atom. The summed E-state index contributed by atoms with van der Waals surface area (Å²) in [6, 6.07) is 8.30. The highest BCUT2D eigenvalue weighted by Crippen LogP contribution is 2.30. The van der Waals surface area contributed by atoms with E-state index in [-0.39, 0.29) is 0 Å². The summed E-state index contributed by atoms with van der Waals surface area (Å²) in [4.78, 5) is 20.3. The van der Waals surface area contributed by atoms with Crippen molar-refractivity contribution in [1.29, 1.82) is 0 Å². The van der Waals surface area contributed by atoms with Crippen molar-refractivity contribution >= 4 is 16.9 Å². The average Bonchev–Trinajstić information content (AvgIpc) is 2.64. The molecule has 4 rings (SSSR count). The molecule has 5 heteroatoms. The van der Waals surface area contributed by atoms with Crippen LogP contribution in [-0.2, 0) is 0 Å². The lowest BCUT2D eigenvalue weighted by Crippen LogP contribution is -2.34. The number of rotatable bonds is 2. The van der Waals surface area contributed by atoms with Crippen LogP contribution in [0.15, 0.2) is 36.8 Å². The molecule has 1 aliphatic rings. The summed E-state index contributed by atoms with van der Waals surface area (Å²) in [5, 5.41) is 1.10. The number of hydrogen-bond donors (Lipinski definition) is 0. The Labute approximate surface area is 141 Å². The summed E-state index contributed by atoms with van der Waals surface area (Å²) in [7, 11) is 0. The first-order valence-electron chi connectivity index (χ1n) is 8.47. The number of hydrogen-bond acceptors (Lipinski definition) is 5. The highest BCUT2D eigenvalue weighted by Gasteiger charge is 2.24. The van der Waals surface area contributed by atoms with Crippen LogP contribution < -0.4 is 4.90 Å². The number of aromatic nitrogens is 4. The van der Waals surface area contributed by atoms with Crippen molar-refractivity contribution in [3.63, 3.8) is 0 Å². The molecule has 5 nitrogen and oxygen atoms in total. The topological polar surface area (TPSA) is 54.8 Å². The van der Waals surface area contributed by atoms with Crippen molar-refractivity contribution in [2.24, 2.45) is 0 Å². The van der Waals surface area contributed by atoms with E-state index in [0.717, 1.165) is 54.2 Å². The number of piperidine rings is 1. The summed E-state index contributed by atoms with van der Waals surface area (Å²) in [5.74, 6) is 1.57. The molecule has 3 aromatic heterocycles. The summed E-state index contributed by atoms with van der Waals surface area (Å²) < 4.78 is 0. The average molecular weight is 319 g/mol. The summed E-state index contributed by atoms with van der Waals surface area (Å²) >= 11 is 0. The van der Waals surface area contributed by atoms with E-state index in [1.807, 2.05) is 19.2 Å². The number of anilines is 1. The SMILES string of the molecule is Cc1ncnc(N2CCC(c3ccc4cccnc4n3)CC2)c1C. The Balaban J connectivity index is 1.52. The number of pyridine rings is 2. The maximum atomic E-state index is 4.77. The van der Waals surface area contributed by atoms with Gasteiger partial charge in [-0.05, 0) is 51.0 Å². The molecule has 1 aliphatic heterocycles. The van der Waals surface area contributed by atoms with Gasteiger partial charge in [-0.15, -0.1) is 0 Å². The Morgan fingerprint density at radius 2 is 1.83 bits per heavy atom. The van der Waals surface area contributed by atoms with Gasteiger partial charge in [0.25, 0.3) is 0 Å². The molecule has 4 heterocycles. The molecule has 0 amide bonds. The van der Waals surface area contributed by atoms with Gasteiger partial charge in [0.2, 0.25) is 0 Å². The lowest BCUT2D eigenvalue weighted by Gasteiger charge is -2.33. The second-order valence-corrected chi connectivity index (χ2v) is 6.46. The maximum Gasteiger partial charge on any atom is 0.159 e. The van der Waals surface area contributed by atoms with Gasteiger partial charge in [-0.3, -0.25) is 0 Å². The van der Waals surface area contributed by atoms with Crippen LogP contribution in [0.5, 0.6) is 0 Å². The third-order valence-corrected chi connectivity index (χ3v) is 5.01. The number of fused-ring (bicyclic) bond motifs is 1. The van der Waals surface area contributed by atoms with E-state index in [1.54, 1.807) is 6.33 Å². The monoisotopic (exact) mass is 319 g/mol. The molecule has 1 fully saturated rings. The maximum absolute atomic E-state index is 4.77. The first kappa shape index (κ1) is 15.0. The Bertz CT molecular complexity index is 869. The first-order chi connectivity index (χ1) is 11.7. The lowest BCUT2D eigenvalue weighted by molar-refractivity contribution is 0.493. The Morgan fingerprint density at radius 1 is 1.00 bits per heavy atom. The molecule has 0 aliphatic carbocycles. The van der Waals surface area contributed by atoms with Gasteiger partial charge >= 0.3 is 0 Å². The smallest absolute Gasteiger partial charge is 0.159 e. The van der Waals surface area contributed by atoms with Crippen molar-refractivity contribution in [1.82, 2.24) is 19.9 Å². The van der Waals surface area contributed by atoms with Gasteiger partial charge in [-0.1, -0.05) is 0 Å². The molecule has 122 valence electrons. The lowest BCUT2D eigenvalue weighted by atomic mass is 9.92. The molecule has 0 atom stereocenters. The second-order valence-electron chi connectivity index (χ2n) is 6.46. The van der Waals surface area contributed by atoms with E-state index in [0.29, 0.717) is 5.92 Å². The Kier molecular flexibility index (Phi) is 3.84.